The maximum atomic E-state index is 12.3. The zero-order chi connectivity index (χ0) is 16.8. The lowest BCUT2D eigenvalue weighted by Crippen LogP contribution is -2.26. The van der Waals surface area contributed by atoms with Crippen molar-refractivity contribution in [1.29, 1.82) is 0 Å². The Bertz CT molecular complexity index is 787. The van der Waals surface area contributed by atoms with E-state index < -0.39 is 0 Å². The first-order valence-electron chi connectivity index (χ1n) is 7.85. The predicted molar refractivity (Wildman–Crippen MR) is 96.6 cm³/mol. The SMILES string of the molecule is CN(Cc1ccccc1)C(=O)CCc1csc(-c2cccnc2)n1. The third-order valence-electron chi connectivity index (χ3n) is 3.74. The number of carbonyl (C=O) groups excluding carboxylic acids is 1. The molecule has 0 saturated carbocycles. The summed E-state index contributed by atoms with van der Waals surface area (Å²) in [6, 6.07) is 13.9. The number of hydrogen-bond acceptors (Lipinski definition) is 4. The Balaban J connectivity index is 1.54. The van der Waals surface area contributed by atoms with Crippen LogP contribution >= 0.6 is 11.3 Å². The first-order valence-corrected chi connectivity index (χ1v) is 8.73. The van der Waals surface area contributed by atoms with Crippen LogP contribution in [0.5, 0.6) is 0 Å². The third-order valence-corrected chi connectivity index (χ3v) is 4.68. The smallest absolute Gasteiger partial charge is 0.223 e. The zero-order valence-electron chi connectivity index (χ0n) is 13.6. The number of aryl methyl sites for hydroxylation is 1. The fourth-order valence-electron chi connectivity index (χ4n) is 2.41. The molecule has 2 aromatic heterocycles. The molecule has 3 rings (SSSR count). The summed E-state index contributed by atoms with van der Waals surface area (Å²) in [5.74, 6) is 0.134. The van der Waals surface area contributed by atoms with Crippen LogP contribution in [0.1, 0.15) is 17.7 Å². The summed E-state index contributed by atoms with van der Waals surface area (Å²) in [5, 5.41) is 2.97. The van der Waals surface area contributed by atoms with Gasteiger partial charge >= 0.3 is 0 Å². The fraction of sp³-hybridized carbons (Fsp3) is 0.211. The van der Waals surface area contributed by atoms with E-state index in [1.807, 2.05) is 54.9 Å². The minimum atomic E-state index is 0.134. The molecule has 0 atom stereocenters. The largest absolute Gasteiger partial charge is 0.341 e. The van der Waals surface area contributed by atoms with Crippen molar-refractivity contribution in [2.45, 2.75) is 19.4 Å². The molecule has 4 nitrogen and oxygen atoms in total. The molecule has 122 valence electrons. The van der Waals surface area contributed by atoms with E-state index in [1.165, 1.54) is 0 Å². The van der Waals surface area contributed by atoms with Gasteiger partial charge in [0.15, 0.2) is 0 Å². The first kappa shape index (κ1) is 16.3. The number of carbonyl (C=O) groups is 1. The van der Waals surface area contributed by atoms with E-state index >= 15 is 0 Å². The number of rotatable bonds is 6. The zero-order valence-corrected chi connectivity index (χ0v) is 14.4. The van der Waals surface area contributed by atoms with Crippen molar-refractivity contribution in [3.8, 4) is 10.6 Å². The van der Waals surface area contributed by atoms with Crippen molar-refractivity contribution in [3.05, 3.63) is 71.5 Å². The molecule has 1 aromatic carbocycles. The van der Waals surface area contributed by atoms with Crippen LogP contribution in [0.4, 0.5) is 0 Å². The van der Waals surface area contributed by atoms with Crippen LogP contribution in [0.3, 0.4) is 0 Å². The lowest BCUT2D eigenvalue weighted by molar-refractivity contribution is -0.130. The molecular formula is C19H19N3OS. The highest BCUT2D eigenvalue weighted by atomic mass is 32.1. The minimum Gasteiger partial charge on any atom is -0.341 e. The van der Waals surface area contributed by atoms with Crippen LogP contribution in [0.25, 0.3) is 10.6 Å². The van der Waals surface area contributed by atoms with Crippen molar-refractivity contribution in [1.82, 2.24) is 14.9 Å². The standard InChI is InChI=1S/C19H19N3OS/c1-22(13-15-6-3-2-4-7-15)18(23)10-9-17-14-24-19(21-17)16-8-5-11-20-12-16/h2-8,11-12,14H,9-10,13H2,1H3. The molecule has 1 amide bonds. The number of amides is 1. The third kappa shape index (κ3) is 4.26. The molecule has 0 saturated heterocycles. The number of nitrogens with zero attached hydrogens (tertiary/aromatic N) is 3. The van der Waals surface area contributed by atoms with Gasteiger partial charge in [-0.3, -0.25) is 9.78 Å². The van der Waals surface area contributed by atoms with Crippen molar-refractivity contribution >= 4 is 17.2 Å². The monoisotopic (exact) mass is 337 g/mol. The second kappa shape index (κ2) is 7.84. The molecule has 24 heavy (non-hydrogen) atoms. The maximum absolute atomic E-state index is 12.3. The minimum absolute atomic E-state index is 0.134. The van der Waals surface area contributed by atoms with Crippen molar-refractivity contribution in [3.63, 3.8) is 0 Å². The van der Waals surface area contributed by atoms with Crippen LogP contribution in [-0.2, 0) is 17.8 Å². The first-order chi connectivity index (χ1) is 11.7. The van der Waals surface area contributed by atoms with Gasteiger partial charge in [-0.1, -0.05) is 30.3 Å². The van der Waals surface area contributed by atoms with Gasteiger partial charge in [-0.25, -0.2) is 4.98 Å². The van der Waals surface area contributed by atoms with Crippen molar-refractivity contribution in [2.24, 2.45) is 0 Å². The Kier molecular flexibility index (Phi) is 5.33. The molecule has 0 aliphatic heterocycles. The summed E-state index contributed by atoms with van der Waals surface area (Å²) >= 11 is 1.59. The molecule has 3 aromatic rings. The van der Waals surface area contributed by atoms with Crippen LogP contribution < -0.4 is 0 Å². The topological polar surface area (TPSA) is 46.1 Å². The fourth-order valence-corrected chi connectivity index (χ4v) is 3.26. The van der Waals surface area contributed by atoms with E-state index in [-0.39, 0.29) is 5.91 Å². The van der Waals surface area contributed by atoms with Gasteiger partial charge in [0.05, 0.1) is 5.69 Å². The van der Waals surface area contributed by atoms with Gasteiger partial charge in [-0.2, -0.15) is 0 Å². The highest BCUT2D eigenvalue weighted by Gasteiger charge is 2.11. The second-order valence-corrected chi connectivity index (χ2v) is 6.48. The highest BCUT2D eigenvalue weighted by molar-refractivity contribution is 7.13. The highest BCUT2D eigenvalue weighted by Crippen LogP contribution is 2.23. The van der Waals surface area contributed by atoms with E-state index in [4.69, 9.17) is 0 Å². The molecule has 0 bridgehead atoms. The Labute approximate surface area is 145 Å². The molecule has 0 aliphatic carbocycles. The molecule has 0 fully saturated rings. The van der Waals surface area contributed by atoms with Gasteiger partial charge in [0.25, 0.3) is 0 Å². The summed E-state index contributed by atoms with van der Waals surface area (Å²) in [5.41, 5.74) is 3.11. The van der Waals surface area contributed by atoms with Gasteiger partial charge in [-0.05, 0) is 24.1 Å². The van der Waals surface area contributed by atoms with E-state index in [2.05, 4.69) is 9.97 Å². The van der Waals surface area contributed by atoms with Crippen LogP contribution in [0, 0.1) is 0 Å². The maximum Gasteiger partial charge on any atom is 0.223 e. The predicted octanol–water partition coefficient (Wildman–Crippen LogP) is 3.80. The van der Waals surface area contributed by atoms with Gasteiger partial charge in [0, 0.05) is 43.4 Å². The van der Waals surface area contributed by atoms with Crippen LogP contribution in [0.15, 0.2) is 60.2 Å². The van der Waals surface area contributed by atoms with Crippen LogP contribution in [0.2, 0.25) is 0 Å². The average molecular weight is 337 g/mol. The number of benzene rings is 1. The lowest BCUT2D eigenvalue weighted by atomic mass is 10.2. The Morgan fingerprint density at radius 3 is 2.75 bits per heavy atom. The van der Waals surface area contributed by atoms with Gasteiger partial charge < -0.3 is 4.90 Å². The van der Waals surface area contributed by atoms with Gasteiger partial charge in [0.2, 0.25) is 5.91 Å². The second-order valence-electron chi connectivity index (χ2n) is 5.62. The van der Waals surface area contributed by atoms with Gasteiger partial charge in [0.1, 0.15) is 5.01 Å². The summed E-state index contributed by atoms with van der Waals surface area (Å²) in [4.78, 5) is 22.8. The summed E-state index contributed by atoms with van der Waals surface area (Å²) in [7, 11) is 1.84. The Morgan fingerprint density at radius 1 is 1.17 bits per heavy atom. The number of pyridine rings is 1. The summed E-state index contributed by atoms with van der Waals surface area (Å²) in [6.45, 7) is 0.637. The number of thiazole rings is 1. The van der Waals surface area contributed by atoms with Crippen molar-refractivity contribution in [2.75, 3.05) is 7.05 Å². The molecule has 0 aliphatic rings. The van der Waals surface area contributed by atoms with E-state index in [1.54, 1.807) is 28.6 Å². The van der Waals surface area contributed by atoms with Gasteiger partial charge in [-0.15, -0.1) is 11.3 Å². The molecule has 2 heterocycles. The van der Waals surface area contributed by atoms with E-state index in [0.717, 1.165) is 21.8 Å². The summed E-state index contributed by atoms with van der Waals surface area (Å²) < 4.78 is 0. The lowest BCUT2D eigenvalue weighted by Gasteiger charge is -2.17. The van der Waals surface area contributed by atoms with Crippen molar-refractivity contribution < 1.29 is 4.79 Å². The summed E-state index contributed by atoms with van der Waals surface area (Å²) in [6.07, 6.45) is 4.69. The Morgan fingerprint density at radius 2 is 2.00 bits per heavy atom. The molecular weight excluding hydrogens is 318 g/mol. The molecule has 5 heteroatoms. The molecule has 0 N–H and O–H groups in total. The molecule has 0 spiro atoms. The quantitative estimate of drug-likeness (QED) is 0.687. The Hall–Kier alpha value is -2.53. The number of hydrogen-bond donors (Lipinski definition) is 0. The molecule has 0 unspecified atom stereocenters. The number of aromatic nitrogens is 2. The van der Waals surface area contributed by atoms with E-state index in [0.29, 0.717) is 19.4 Å². The normalized spacial score (nSPS) is 10.5. The average Bonchev–Trinajstić information content (AvgIpc) is 3.10. The van der Waals surface area contributed by atoms with Crippen LogP contribution in [-0.4, -0.2) is 27.8 Å². The molecule has 0 radical (unpaired) electrons. The van der Waals surface area contributed by atoms with E-state index in [9.17, 15) is 4.79 Å².